The van der Waals surface area contributed by atoms with Crippen LogP contribution in [0, 0.1) is 52.3 Å². The smallest absolute Gasteiger partial charge is 0.0543 e. The van der Waals surface area contributed by atoms with Crippen molar-refractivity contribution in [1.82, 2.24) is 0 Å². The lowest BCUT2D eigenvalue weighted by molar-refractivity contribution is -0.0414. The summed E-state index contributed by atoms with van der Waals surface area (Å²) in [5.74, 6) is 5.32. The van der Waals surface area contributed by atoms with Crippen LogP contribution in [0.2, 0.25) is 0 Å². The molecule has 0 saturated heterocycles. The van der Waals surface area contributed by atoms with Gasteiger partial charge in [-0.15, -0.1) is 0 Å². The van der Waals surface area contributed by atoms with Crippen LogP contribution >= 0.6 is 0 Å². The van der Waals surface area contributed by atoms with Crippen LogP contribution in [-0.4, -0.2) is 11.2 Å². The molecule has 4 aliphatic rings. The highest BCUT2D eigenvalue weighted by Crippen LogP contribution is 2.66. The normalized spacial score (nSPS) is 45.6. The maximum Gasteiger partial charge on any atom is 0.0543 e. The molecule has 0 amide bonds. The molecule has 4 aliphatic carbocycles. The molecular formula is C29H48O. The van der Waals surface area contributed by atoms with Gasteiger partial charge < -0.3 is 5.11 Å². The van der Waals surface area contributed by atoms with Gasteiger partial charge in [0.2, 0.25) is 0 Å². The average Bonchev–Trinajstić information content (AvgIpc) is 3.06. The van der Waals surface area contributed by atoms with Crippen LogP contribution in [0.15, 0.2) is 23.8 Å². The van der Waals surface area contributed by atoms with E-state index >= 15 is 0 Å². The summed E-state index contributed by atoms with van der Waals surface area (Å²) in [5.41, 5.74) is 2.79. The minimum Gasteiger partial charge on any atom is -0.393 e. The summed E-state index contributed by atoms with van der Waals surface area (Å²) in [5, 5.41) is 10.3. The Morgan fingerprint density at radius 3 is 2.40 bits per heavy atom. The molecule has 0 bridgehead atoms. The Hall–Kier alpha value is -0.560. The van der Waals surface area contributed by atoms with E-state index < -0.39 is 0 Å². The van der Waals surface area contributed by atoms with Gasteiger partial charge in [-0.2, -0.15) is 0 Å². The minimum atomic E-state index is -0.0480. The van der Waals surface area contributed by atoms with E-state index in [2.05, 4.69) is 59.8 Å². The SMILES string of the molecule is CC[C@@H](/C=C/[C@H](C)[C@H]1CC[C@H]2C3=CC[C@H]4C[C@@H](O)CC[C@]4(C)[C@H]3CC[C@]12C)C(C)C. The van der Waals surface area contributed by atoms with Crippen LogP contribution in [0.3, 0.4) is 0 Å². The van der Waals surface area contributed by atoms with Crippen molar-refractivity contribution in [3.63, 3.8) is 0 Å². The number of allylic oxidation sites excluding steroid dienone is 4. The van der Waals surface area contributed by atoms with Gasteiger partial charge >= 0.3 is 0 Å². The molecule has 3 fully saturated rings. The van der Waals surface area contributed by atoms with Gasteiger partial charge in [-0.05, 0) is 110 Å². The maximum absolute atomic E-state index is 10.3. The van der Waals surface area contributed by atoms with E-state index in [1.54, 1.807) is 0 Å². The molecule has 9 atom stereocenters. The van der Waals surface area contributed by atoms with Crippen LogP contribution in [0.5, 0.6) is 0 Å². The number of rotatable bonds is 5. The van der Waals surface area contributed by atoms with Gasteiger partial charge in [0.15, 0.2) is 0 Å². The van der Waals surface area contributed by atoms with Gasteiger partial charge in [0, 0.05) is 0 Å². The van der Waals surface area contributed by atoms with Crippen LogP contribution in [0.25, 0.3) is 0 Å². The minimum absolute atomic E-state index is 0.0480. The number of aliphatic hydroxyl groups excluding tert-OH is 1. The summed E-state index contributed by atoms with van der Waals surface area (Å²) in [7, 11) is 0. The van der Waals surface area contributed by atoms with Crippen LogP contribution in [-0.2, 0) is 0 Å². The lowest BCUT2D eigenvalue weighted by Crippen LogP contribution is -2.49. The second-order valence-electron chi connectivity index (χ2n) is 12.5. The molecule has 170 valence electrons. The first-order valence-corrected chi connectivity index (χ1v) is 13.3. The lowest BCUT2D eigenvalue weighted by Gasteiger charge is -2.57. The first kappa shape index (κ1) is 22.6. The third-order valence-corrected chi connectivity index (χ3v) is 10.7. The number of hydrogen-bond acceptors (Lipinski definition) is 1. The van der Waals surface area contributed by atoms with E-state index in [-0.39, 0.29) is 6.10 Å². The fraction of sp³-hybridized carbons (Fsp3) is 0.862. The molecule has 0 aliphatic heterocycles. The van der Waals surface area contributed by atoms with E-state index in [1.165, 1.54) is 44.9 Å². The summed E-state index contributed by atoms with van der Waals surface area (Å²) in [6.45, 7) is 14.8. The van der Waals surface area contributed by atoms with Crippen molar-refractivity contribution in [3.8, 4) is 0 Å². The fourth-order valence-corrected chi connectivity index (χ4v) is 8.68. The summed E-state index contributed by atoms with van der Waals surface area (Å²) in [4.78, 5) is 0. The largest absolute Gasteiger partial charge is 0.393 e. The van der Waals surface area contributed by atoms with Crippen LogP contribution in [0.4, 0.5) is 0 Å². The average molecular weight is 413 g/mol. The number of fused-ring (bicyclic) bond motifs is 5. The molecule has 0 heterocycles. The Balaban J connectivity index is 1.53. The Bertz CT molecular complexity index is 674. The summed E-state index contributed by atoms with van der Waals surface area (Å²) in [6.07, 6.45) is 19.2. The van der Waals surface area contributed by atoms with Crippen molar-refractivity contribution in [2.45, 2.75) is 105 Å². The van der Waals surface area contributed by atoms with Gasteiger partial charge in [-0.3, -0.25) is 0 Å². The molecule has 1 nitrogen and oxygen atoms in total. The molecule has 1 heteroatoms. The molecule has 0 radical (unpaired) electrons. The van der Waals surface area contributed by atoms with Gasteiger partial charge in [0.05, 0.1) is 6.10 Å². The highest BCUT2D eigenvalue weighted by atomic mass is 16.3. The van der Waals surface area contributed by atoms with Gasteiger partial charge in [0.25, 0.3) is 0 Å². The predicted molar refractivity (Wildman–Crippen MR) is 128 cm³/mol. The second kappa shape index (κ2) is 8.42. The summed E-state index contributed by atoms with van der Waals surface area (Å²) < 4.78 is 0. The van der Waals surface area contributed by atoms with Crippen molar-refractivity contribution in [2.75, 3.05) is 0 Å². The third-order valence-electron chi connectivity index (χ3n) is 10.7. The molecule has 4 rings (SSSR count). The van der Waals surface area contributed by atoms with Gasteiger partial charge in [-0.25, -0.2) is 0 Å². The van der Waals surface area contributed by atoms with Crippen molar-refractivity contribution < 1.29 is 5.11 Å². The molecule has 0 aromatic carbocycles. The van der Waals surface area contributed by atoms with Crippen LogP contribution in [0.1, 0.15) is 99.3 Å². The van der Waals surface area contributed by atoms with E-state index in [0.717, 1.165) is 42.4 Å². The quantitative estimate of drug-likeness (QED) is 0.457. The Morgan fingerprint density at radius 1 is 1.00 bits per heavy atom. The third kappa shape index (κ3) is 3.66. The zero-order valence-electron chi connectivity index (χ0n) is 20.7. The Kier molecular flexibility index (Phi) is 6.35. The monoisotopic (exact) mass is 412 g/mol. The Morgan fingerprint density at radius 2 is 1.70 bits per heavy atom. The first-order chi connectivity index (χ1) is 14.2. The zero-order chi connectivity index (χ0) is 21.7. The second-order valence-corrected chi connectivity index (χ2v) is 12.5. The van der Waals surface area contributed by atoms with E-state index in [0.29, 0.717) is 22.7 Å². The Labute approximate surface area is 186 Å². The molecule has 0 spiro atoms. The zero-order valence-corrected chi connectivity index (χ0v) is 20.7. The maximum atomic E-state index is 10.3. The van der Waals surface area contributed by atoms with Crippen molar-refractivity contribution in [2.24, 2.45) is 52.3 Å². The van der Waals surface area contributed by atoms with E-state index in [1.807, 2.05) is 5.57 Å². The highest BCUT2D eigenvalue weighted by Gasteiger charge is 2.57. The molecule has 1 N–H and O–H groups in total. The van der Waals surface area contributed by atoms with E-state index in [4.69, 9.17) is 0 Å². The van der Waals surface area contributed by atoms with Gasteiger partial charge in [-0.1, -0.05) is 65.3 Å². The summed E-state index contributed by atoms with van der Waals surface area (Å²) >= 11 is 0. The van der Waals surface area contributed by atoms with Crippen molar-refractivity contribution in [1.29, 1.82) is 0 Å². The van der Waals surface area contributed by atoms with Crippen LogP contribution < -0.4 is 0 Å². The standard InChI is InChI=1S/C29H48O/c1-7-21(19(2)3)9-8-20(4)25-12-13-26-24-11-10-22-18-23(30)14-16-28(22,5)27(24)15-17-29(25,26)6/h8-9,11,19-23,25-27,30H,7,10,12-18H2,1-6H3/b9-8+/t20-,21-,22-,23-,25+,26-,27-,28-,29+/m0/s1. The molecule has 30 heavy (non-hydrogen) atoms. The number of hydrogen-bond donors (Lipinski definition) is 1. The van der Waals surface area contributed by atoms with E-state index in [9.17, 15) is 5.11 Å². The van der Waals surface area contributed by atoms with Crippen molar-refractivity contribution >= 4 is 0 Å². The molecule has 0 unspecified atom stereocenters. The summed E-state index contributed by atoms with van der Waals surface area (Å²) in [6, 6.07) is 0. The topological polar surface area (TPSA) is 20.2 Å². The number of aliphatic hydroxyl groups is 1. The highest BCUT2D eigenvalue weighted by molar-refractivity contribution is 5.28. The molecular weight excluding hydrogens is 364 g/mol. The predicted octanol–water partition coefficient (Wildman–Crippen LogP) is 7.80. The first-order valence-electron chi connectivity index (χ1n) is 13.3. The fourth-order valence-electron chi connectivity index (χ4n) is 8.68. The van der Waals surface area contributed by atoms with Crippen molar-refractivity contribution in [3.05, 3.63) is 23.8 Å². The molecule has 0 aromatic rings. The van der Waals surface area contributed by atoms with Gasteiger partial charge in [0.1, 0.15) is 0 Å². The molecule has 3 saturated carbocycles. The lowest BCUT2D eigenvalue weighted by atomic mass is 9.47. The molecule has 0 aromatic heterocycles.